The van der Waals surface area contributed by atoms with Crippen molar-refractivity contribution in [2.24, 2.45) is 0 Å². The summed E-state index contributed by atoms with van der Waals surface area (Å²) in [6.45, 7) is 2.66. The van der Waals surface area contributed by atoms with Crippen molar-refractivity contribution in [3.63, 3.8) is 0 Å². The van der Waals surface area contributed by atoms with Crippen LogP contribution in [0.5, 0.6) is 0 Å². The molecule has 82 valence electrons. The van der Waals surface area contributed by atoms with E-state index in [9.17, 15) is 4.79 Å². The Labute approximate surface area is 89.3 Å². The Bertz CT molecular complexity index is 383. The summed E-state index contributed by atoms with van der Waals surface area (Å²) in [6.07, 6.45) is 1.68. The highest BCUT2D eigenvalue weighted by Crippen LogP contribution is 2.16. The molecule has 0 N–H and O–H groups in total. The van der Waals surface area contributed by atoms with Crippen LogP contribution in [0.2, 0.25) is 0 Å². The van der Waals surface area contributed by atoms with Crippen LogP contribution in [0.3, 0.4) is 0 Å². The summed E-state index contributed by atoms with van der Waals surface area (Å²) in [4.78, 5) is 15.6. The van der Waals surface area contributed by atoms with Crippen molar-refractivity contribution in [2.75, 3.05) is 27.7 Å². The molecule has 0 fully saturated rings. The molecule has 0 bridgehead atoms. The SMILES string of the molecule is CN1CCn2ncc(C(=O)N(C)C)c2C1. The Morgan fingerprint density at radius 2 is 2.20 bits per heavy atom. The molecule has 0 radical (unpaired) electrons. The first-order chi connectivity index (χ1) is 7.09. The minimum atomic E-state index is 0.0338. The quantitative estimate of drug-likeness (QED) is 0.654. The summed E-state index contributed by atoms with van der Waals surface area (Å²) in [5, 5.41) is 4.24. The molecular formula is C10H16N4O. The lowest BCUT2D eigenvalue weighted by atomic mass is 10.2. The summed E-state index contributed by atoms with van der Waals surface area (Å²) in [7, 11) is 5.58. The van der Waals surface area contributed by atoms with Crippen LogP contribution in [0.4, 0.5) is 0 Å². The molecule has 1 aromatic heterocycles. The van der Waals surface area contributed by atoms with Gasteiger partial charge in [-0.25, -0.2) is 0 Å². The number of rotatable bonds is 1. The van der Waals surface area contributed by atoms with E-state index in [-0.39, 0.29) is 5.91 Å². The van der Waals surface area contributed by atoms with Crippen molar-refractivity contribution >= 4 is 5.91 Å². The Hall–Kier alpha value is -1.36. The lowest BCUT2D eigenvalue weighted by Gasteiger charge is -2.24. The number of aromatic nitrogens is 2. The van der Waals surface area contributed by atoms with Crippen LogP contribution < -0.4 is 0 Å². The van der Waals surface area contributed by atoms with Crippen molar-refractivity contribution in [2.45, 2.75) is 13.1 Å². The van der Waals surface area contributed by atoms with Gasteiger partial charge in [0.05, 0.1) is 24.0 Å². The Morgan fingerprint density at radius 3 is 2.87 bits per heavy atom. The smallest absolute Gasteiger partial charge is 0.256 e. The third-order valence-corrected chi connectivity index (χ3v) is 2.70. The van der Waals surface area contributed by atoms with Gasteiger partial charge >= 0.3 is 0 Å². The maximum absolute atomic E-state index is 11.8. The largest absolute Gasteiger partial charge is 0.345 e. The molecule has 0 saturated carbocycles. The maximum Gasteiger partial charge on any atom is 0.256 e. The molecule has 5 nitrogen and oxygen atoms in total. The van der Waals surface area contributed by atoms with E-state index in [1.54, 1.807) is 25.2 Å². The summed E-state index contributed by atoms with van der Waals surface area (Å²) in [6, 6.07) is 0. The summed E-state index contributed by atoms with van der Waals surface area (Å²) in [5.74, 6) is 0.0338. The number of carbonyl (C=O) groups is 1. The Balaban J connectivity index is 2.34. The molecule has 1 aliphatic heterocycles. The molecule has 15 heavy (non-hydrogen) atoms. The van der Waals surface area contributed by atoms with E-state index in [2.05, 4.69) is 17.0 Å². The topological polar surface area (TPSA) is 41.4 Å². The zero-order valence-electron chi connectivity index (χ0n) is 9.40. The average Bonchev–Trinajstić information content (AvgIpc) is 2.59. The minimum Gasteiger partial charge on any atom is -0.345 e. The summed E-state index contributed by atoms with van der Waals surface area (Å²) < 4.78 is 1.93. The van der Waals surface area contributed by atoms with Crippen LogP contribution >= 0.6 is 0 Å². The van der Waals surface area contributed by atoms with E-state index >= 15 is 0 Å². The monoisotopic (exact) mass is 208 g/mol. The van der Waals surface area contributed by atoms with Gasteiger partial charge in [0.15, 0.2) is 0 Å². The molecule has 0 unspecified atom stereocenters. The van der Waals surface area contributed by atoms with E-state index in [1.807, 2.05) is 4.68 Å². The second-order valence-corrected chi connectivity index (χ2v) is 4.17. The Morgan fingerprint density at radius 1 is 1.47 bits per heavy atom. The van der Waals surface area contributed by atoms with Gasteiger partial charge in [0.2, 0.25) is 0 Å². The second kappa shape index (κ2) is 3.66. The van der Waals surface area contributed by atoms with Gasteiger partial charge in [0.1, 0.15) is 0 Å². The van der Waals surface area contributed by atoms with Crippen LogP contribution in [0.15, 0.2) is 6.20 Å². The van der Waals surface area contributed by atoms with Crippen molar-refractivity contribution in [1.29, 1.82) is 0 Å². The fraction of sp³-hybridized carbons (Fsp3) is 0.600. The number of nitrogens with zero attached hydrogens (tertiary/aromatic N) is 4. The van der Waals surface area contributed by atoms with Crippen molar-refractivity contribution in [3.8, 4) is 0 Å². The molecule has 2 heterocycles. The van der Waals surface area contributed by atoms with E-state index in [1.165, 1.54) is 0 Å². The van der Waals surface area contributed by atoms with Crippen LogP contribution in [0.25, 0.3) is 0 Å². The number of hydrogen-bond acceptors (Lipinski definition) is 3. The van der Waals surface area contributed by atoms with Gasteiger partial charge in [-0.05, 0) is 7.05 Å². The van der Waals surface area contributed by atoms with E-state index in [0.717, 1.165) is 30.9 Å². The summed E-state index contributed by atoms with van der Waals surface area (Å²) in [5.41, 5.74) is 1.76. The maximum atomic E-state index is 11.8. The van der Waals surface area contributed by atoms with Crippen molar-refractivity contribution in [1.82, 2.24) is 19.6 Å². The Kier molecular flexibility index (Phi) is 2.48. The molecule has 0 aliphatic carbocycles. The molecular weight excluding hydrogens is 192 g/mol. The van der Waals surface area contributed by atoms with Crippen LogP contribution in [-0.2, 0) is 13.1 Å². The highest BCUT2D eigenvalue weighted by atomic mass is 16.2. The highest BCUT2D eigenvalue weighted by molar-refractivity contribution is 5.94. The predicted molar refractivity (Wildman–Crippen MR) is 56.6 cm³/mol. The molecule has 1 aromatic rings. The van der Waals surface area contributed by atoms with Gasteiger partial charge in [0, 0.05) is 27.2 Å². The molecule has 0 atom stereocenters. The van der Waals surface area contributed by atoms with Crippen LogP contribution in [0.1, 0.15) is 16.1 Å². The predicted octanol–water partition coefficient (Wildman–Crippen LogP) is 0.0303. The molecule has 0 spiro atoms. The minimum absolute atomic E-state index is 0.0338. The molecule has 5 heteroatoms. The third kappa shape index (κ3) is 1.74. The first-order valence-electron chi connectivity index (χ1n) is 5.04. The number of likely N-dealkylation sites (N-methyl/N-ethyl adjacent to an activating group) is 1. The average molecular weight is 208 g/mol. The lowest BCUT2D eigenvalue weighted by molar-refractivity contribution is 0.0824. The van der Waals surface area contributed by atoms with Gasteiger partial charge in [-0.15, -0.1) is 0 Å². The normalized spacial score (nSPS) is 16.2. The van der Waals surface area contributed by atoms with Gasteiger partial charge < -0.3 is 4.90 Å². The van der Waals surface area contributed by atoms with Crippen LogP contribution in [-0.4, -0.2) is 53.2 Å². The number of carbonyl (C=O) groups excluding carboxylic acids is 1. The third-order valence-electron chi connectivity index (χ3n) is 2.70. The first kappa shape index (κ1) is 10.2. The second-order valence-electron chi connectivity index (χ2n) is 4.17. The van der Waals surface area contributed by atoms with E-state index in [0.29, 0.717) is 0 Å². The molecule has 1 aliphatic rings. The van der Waals surface area contributed by atoms with Gasteiger partial charge in [-0.1, -0.05) is 0 Å². The zero-order chi connectivity index (χ0) is 11.0. The molecule has 1 amide bonds. The van der Waals surface area contributed by atoms with Gasteiger partial charge in [0.25, 0.3) is 5.91 Å². The zero-order valence-corrected chi connectivity index (χ0v) is 9.40. The molecule has 0 aromatic carbocycles. The number of fused-ring (bicyclic) bond motifs is 1. The number of amides is 1. The van der Waals surface area contributed by atoms with Crippen molar-refractivity contribution < 1.29 is 4.79 Å². The van der Waals surface area contributed by atoms with E-state index < -0.39 is 0 Å². The van der Waals surface area contributed by atoms with Crippen molar-refractivity contribution in [3.05, 3.63) is 17.5 Å². The van der Waals surface area contributed by atoms with Gasteiger partial charge in [-0.2, -0.15) is 5.10 Å². The fourth-order valence-corrected chi connectivity index (χ4v) is 1.79. The van der Waals surface area contributed by atoms with Gasteiger partial charge in [-0.3, -0.25) is 14.4 Å². The van der Waals surface area contributed by atoms with E-state index in [4.69, 9.17) is 0 Å². The molecule has 2 rings (SSSR count). The lowest BCUT2D eigenvalue weighted by Crippen LogP contribution is -2.32. The fourth-order valence-electron chi connectivity index (χ4n) is 1.79. The summed E-state index contributed by atoms with van der Waals surface area (Å²) >= 11 is 0. The van der Waals surface area contributed by atoms with Crippen LogP contribution in [0, 0.1) is 0 Å². The number of hydrogen-bond donors (Lipinski definition) is 0. The standard InChI is InChI=1S/C10H16N4O/c1-12(2)10(15)8-6-11-14-5-4-13(3)7-9(8)14/h6H,4-5,7H2,1-3H3. The first-order valence-corrected chi connectivity index (χ1v) is 5.04. The highest BCUT2D eigenvalue weighted by Gasteiger charge is 2.22. The molecule has 0 saturated heterocycles.